The summed E-state index contributed by atoms with van der Waals surface area (Å²) >= 11 is 5.91. The van der Waals surface area contributed by atoms with Crippen molar-refractivity contribution in [2.24, 2.45) is 0 Å². The number of carbonyl (C=O) groups is 1. The highest BCUT2D eigenvalue weighted by Crippen LogP contribution is 2.34. The van der Waals surface area contributed by atoms with Gasteiger partial charge in [0.1, 0.15) is 30.3 Å². The van der Waals surface area contributed by atoms with Gasteiger partial charge in [0.05, 0.1) is 22.8 Å². The molecule has 4 rings (SSSR count). The van der Waals surface area contributed by atoms with E-state index in [4.69, 9.17) is 21.1 Å². The van der Waals surface area contributed by atoms with Gasteiger partial charge in [-0.25, -0.2) is 14.4 Å². The van der Waals surface area contributed by atoms with Crippen molar-refractivity contribution in [2.45, 2.75) is 12.8 Å². The lowest BCUT2D eigenvalue weighted by Crippen LogP contribution is -2.24. The minimum Gasteiger partial charge on any atom is -0.489 e. The van der Waals surface area contributed by atoms with Crippen LogP contribution in [0, 0.1) is 5.82 Å². The minimum atomic E-state index is -0.509. The van der Waals surface area contributed by atoms with E-state index >= 15 is 0 Å². The zero-order chi connectivity index (χ0) is 23.9. The first kappa shape index (κ1) is 23.9. The molecule has 3 N–H and O–H groups in total. The summed E-state index contributed by atoms with van der Waals surface area (Å²) in [4.78, 5) is 21.4. The van der Waals surface area contributed by atoms with Gasteiger partial charge in [0.2, 0.25) is 5.91 Å². The molecule has 0 aliphatic carbocycles. The van der Waals surface area contributed by atoms with E-state index in [-0.39, 0.29) is 10.9 Å². The number of hydrogen-bond donors (Lipinski definition) is 3. The number of amides is 1. The van der Waals surface area contributed by atoms with E-state index in [0.717, 1.165) is 31.5 Å². The molecule has 0 spiro atoms. The first-order chi connectivity index (χ1) is 16.5. The Hall–Kier alpha value is -3.27. The molecule has 0 atom stereocenters. The van der Waals surface area contributed by atoms with Gasteiger partial charge in [0.15, 0.2) is 0 Å². The van der Waals surface area contributed by atoms with E-state index < -0.39 is 5.82 Å². The highest BCUT2D eigenvalue weighted by atomic mass is 35.5. The van der Waals surface area contributed by atoms with Crippen molar-refractivity contribution in [3.8, 4) is 5.75 Å². The molecule has 3 aromatic rings. The molecule has 0 saturated carbocycles. The normalized spacial score (nSPS) is 13.6. The van der Waals surface area contributed by atoms with Crippen molar-refractivity contribution >= 4 is 45.6 Å². The number of hydrogen-bond acceptors (Lipinski definition) is 7. The first-order valence-corrected chi connectivity index (χ1v) is 11.2. The lowest BCUT2D eigenvalue weighted by atomic mass is 10.1. The molecule has 2 aromatic carbocycles. The molecule has 10 heteroatoms. The molecule has 1 aliphatic rings. The lowest BCUT2D eigenvalue weighted by Gasteiger charge is -2.16. The summed E-state index contributed by atoms with van der Waals surface area (Å²) in [6.07, 6.45) is 4.73. The number of piperidine rings is 1. The fourth-order valence-electron chi connectivity index (χ4n) is 3.59. The molecule has 8 nitrogen and oxygen atoms in total. The number of fused-ring (bicyclic) bond motifs is 1. The lowest BCUT2D eigenvalue weighted by molar-refractivity contribution is -0.112. The molecule has 1 aromatic heterocycles. The molecule has 1 fully saturated rings. The maximum absolute atomic E-state index is 13.5. The summed E-state index contributed by atoms with van der Waals surface area (Å²) in [6.45, 7) is 2.42. The standard InChI is InChI=1S/C24H25ClFN5O3/c1-33-8-9-34-22-13-20-17(12-21(22)31-23(32)10-15-4-6-27-7-5-15)24(29-14-28-20)30-16-2-3-19(26)18(25)11-16/h2-3,10-14,27H,4-9H2,1H3,(H,31,32)(H,28,29,30). The third-order valence-electron chi connectivity index (χ3n) is 5.30. The van der Waals surface area contributed by atoms with Gasteiger partial charge in [-0.3, -0.25) is 4.79 Å². The maximum Gasteiger partial charge on any atom is 0.248 e. The molecule has 1 saturated heterocycles. The third kappa shape index (κ3) is 5.99. The number of nitrogens with one attached hydrogen (secondary N) is 3. The molecule has 0 unspecified atom stereocenters. The van der Waals surface area contributed by atoms with Gasteiger partial charge >= 0.3 is 0 Å². The number of aromatic nitrogens is 2. The monoisotopic (exact) mass is 485 g/mol. The highest BCUT2D eigenvalue weighted by molar-refractivity contribution is 6.31. The van der Waals surface area contributed by atoms with Gasteiger partial charge in [-0.1, -0.05) is 17.2 Å². The molecule has 0 bridgehead atoms. The third-order valence-corrected chi connectivity index (χ3v) is 5.59. The fourth-order valence-corrected chi connectivity index (χ4v) is 3.77. The van der Waals surface area contributed by atoms with Gasteiger partial charge in [-0.2, -0.15) is 0 Å². The van der Waals surface area contributed by atoms with Gasteiger partial charge in [-0.05, 0) is 50.2 Å². The van der Waals surface area contributed by atoms with E-state index in [1.165, 1.54) is 18.5 Å². The number of rotatable bonds is 8. The number of anilines is 3. The van der Waals surface area contributed by atoms with E-state index in [0.29, 0.717) is 47.1 Å². The Morgan fingerprint density at radius 1 is 1.21 bits per heavy atom. The summed E-state index contributed by atoms with van der Waals surface area (Å²) < 4.78 is 24.5. The molecule has 0 radical (unpaired) electrons. The van der Waals surface area contributed by atoms with Crippen molar-refractivity contribution in [3.63, 3.8) is 0 Å². The van der Waals surface area contributed by atoms with Crippen molar-refractivity contribution < 1.29 is 18.7 Å². The van der Waals surface area contributed by atoms with E-state index in [1.54, 1.807) is 31.4 Å². The Kier molecular flexibility index (Phi) is 7.89. The van der Waals surface area contributed by atoms with Crippen LogP contribution in [0.25, 0.3) is 10.9 Å². The second kappa shape index (κ2) is 11.2. The van der Waals surface area contributed by atoms with Crippen LogP contribution in [0.3, 0.4) is 0 Å². The van der Waals surface area contributed by atoms with Crippen molar-refractivity contribution in [2.75, 3.05) is 44.0 Å². The zero-order valence-corrected chi connectivity index (χ0v) is 19.4. The number of benzene rings is 2. The van der Waals surface area contributed by atoms with Crippen LogP contribution in [0.2, 0.25) is 5.02 Å². The van der Waals surface area contributed by atoms with Crippen LogP contribution in [-0.2, 0) is 9.53 Å². The van der Waals surface area contributed by atoms with Crippen LogP contribution in [-0.4, -0.2) is 49.3 Å². The minimum absolute atomic E-state index is 0.00362. The van der Waals surface area contributed by atoms with Gasteiger partial charge in [0, 0.05) is 30.3 Å². The van der Waals surface area contributed by atoms with Crippen LogP contribution in [0.1, 0.15) is 12.8 Å². The first-order valence-electron chi connectivity index (χ1n) is 10.9. The smallest absolute Gasteiger partial charge is 0.248 e. The largest absolute Gasteiger partial charge is 0.489 e. The Labute approximate surface area is 201 Å². The van der Waals surface area contributed by atoms with E-state index in [9.17, 15) is 9.18 Å². The molecule has 1 aliphatic heterocycles. The van der Waals surface area contributed by atoms with Crippen LogP contribution >= 0.6 is 11.6 Å². The van der Waals surface area contributed by atoms with Crippen LogP contribution in [0.5, 0.6) is 5.75 Å². The summed E-state index contributed by atoms with van der Waals surface area (Å²) in [7, 11) is 1.59. The van der Waals surface area contributed by atoms with E-state index in [1.807, 2.05) is 0 Å². The quantitative estimate of drug-likeness (QED) is 0.320. The van der Waals surface area contributed by atoms with Crippen LogP contribution in [0.4, 0.5) is 21.6 Å². The topological polar surface area (TPSA) is 97.4 Å². The Balaban J connectivity index is 1.67. The second-order valence-corrected chi connectivity index (χ2v) is 8.13. The Morgan fingerprint density at radius 3 is 2.79 bits per heavy atom. The molecule has 1 amide bonds. The number of nitrogens with zero attached hydrogens (tertiary/aromatic N) is 2. The SMILES string of the molecule is COCCOc1cc2ncnc(Nc3ccc(F)c(Cl)c3)c2cc1NC(=O)C=C1CCNCC1. The number of ether oxygens (including phenoxy) is 2. The predicted octanol–water partition coefficient (Wildman–Crippen LogP) is 4.44. The highest BCUT2D eigenvalue weighted by Gasteiger charge is 2.15. The average Bonchev–Trinajstić information content (AvgIpc) is 2.83. The van der Waals surface area contributed by atoms with Crippen molar-refractivity contribution in [1.82, 2.24) is 15.3 Å². The molecule has 2 heterocycles. The number of methoxy groups -OCH3 is 1. The zero-order valence-electron chi connectivity index (χ0n) is 18.7. The summed E-state index contributed by atoms with van der Waals surface area (Å²) in [5.74, 6) is 0.203. The average molecular weight is 486 g/mol. The molecular weight excluding hydrogens is 461 g/mol. The summed E-state index contributed by atoms with van der Waals surface area (Å²) in [5.41, 5.74) is 2.74. The Morgan fingerprint density at radius 2 is 2.03 bits per heavy atom. The van der Waals surface area contributed by atoms with Crippen LogP contribution < -0.4 is 20.7 Å². The summed E-state index contributed by atoms with van der Waals surface area (Å²) in [6, 6.07) is 7.80. The molecular formula is C24H25ClFN5O3. The molecule has 34 heavy (non-hydrogen) atoms. The number of halogens is 2. The van der Waals surface area contributed by atoms with E-state index in [2.05, 4.69) is 25.9 Å². The fraction of sp³-hybridized carbons (Fsp3) is 0.292. The molecule has 178 valence electrons. The van der Waals surface area contributed by atoms with Crippen LogP contribution in [0.15, 0.2) is 48.3 Å². The van der Waals surface area contributed by atoms with Gasteiger partial charge < -0.3 is 25.4 Å². The maximum atomic E-state index is 13.5. The summed E-state index contributed by atoms with van der Waals surface area (Å²) in [5, 5.41) is 9.98. The van der Waals surface area contributed by atoms with Crippen molar-refractivity contribution in [3.05, 3.63) is 59.1 Å². The van der Waals surface area contributed by atoms with Crippen molar-refractivity contribution in [1.29, 1.82) is 0 Å². The Bertz CT molecular complexity index is 1210. The second-order valence-electron chi connectivity index (χ2n) is 7.72. The number of carbonyl (C=O) groups excluding carboxylic acids is 1. The van der Waals surface area contributed by atoms with Gasteiger partial charge in [0.25, 0.3) is 0 Å². The van der Waals surface area contributed by atoms with Gasteiger partial charge in [-0.15, -0.1) is 0 Å². The predicted molar refractivity (Wildman–Crippen MR) is 130 cm³/mol.